The molecule has 2 atom stereocenters. The highest BCUT2D eigenvalue weighted by Crippen LogP contribution is 2.28. The summed E-state index contributed by atoms with van der Waals surface area (Å²) in [4.78, 5) is 13.9. The van der Waals surface area contributed by atoms with Crippen LogP contribution in [-0.2, 0) is 18.4 Å². The van der Waals surface area contributed by atoms with E-state index in [1.807, 2.05) is 18.7 Å². The quantitative estimate of drug-likeness (QED) is 0.889. The molecule has 0 saturated carbocycles. The summed E-state index contributed by atoms with van der Waals surface area (Å²) in [5.74, 6) is 0.833. The zero-order valence-corrected chi connectivity index (χ0v) is 13.6. The highest BCUT2D eigenvalue weighted by Gasteiger charge is 2.34. The Kier molecular flexibility index (Phi) is 3.86. The Hall–Kier alpha value is -0.880. The number of likely N-dealkylation sites (tertiary alicyclic amines) is 1. The first-order chi connectivity index (χ1) is 9.54. The number of halogens is 1. The molecule has 2 fully saturated rings. The van der Waals surface area contributed by atoms with Crippen molar-refractivity contribution in [2.24, 2.45) is 13.0 Å². The molecule has 2 aliphatic rings. The number of carbonyl (C=O) groups is 1. The van der Waals surface area contributed by atoms with Crippen LogP contribution in [0.15, 0.2) is 4.47 Å². The van der Waals surface area contributed by atoms with Crippen LogP contribution in [0.2, 0.25) is 0 Å². The van der Waals surface area contributed by atoms with Crippen LogP contribution in [0, 0.1) is 12.8 Å². The Morgan fingerprint density at radius 2 is 2.25 bits per heavy atom. The number of aryl methyl sites for hydroxylation is 2. The minimum Gasteiger partial charge on any atom is -0.353 e. The van der Waals surface area contributed by atoms with Gasteiger partial charge in [-0.15, -0.1) is 0 Å². The predicted octanol–water partition coefficient (Wildman–Crippen LogP) is 1.59. The maximum absolute atomic E-state index is 11.4. The van der Waals surface area contributed by atoms with Crippen molar-refractivity contribution in [2.75, 3.05) is 13.1 Å². The van der Waals surface area contributed by atoms with Crippen LogP contribution >= 0.6 is 15.9 Å². The number of aromatic nitrogens is 2. The molecule has 1 amide bonds. The number of nitrogens with zero attached hydrogens (tertiary/aromatic N) is 3. The number of hydrogen-bond donors (Lipinski definition) is 1. The molecule has 0 radical (unpaired) electrons. The fourth-order valence-electron chi connectivity index (χ4n) is 3.39. The van der Waals surface area contributed by atoms with Crippen molar-refractivity contribution < 1.29 is 4.79 Å². The van der Waals surface area contributed by atoms with Crippen molar-refractivity contribution in [3.05, 3.63) is 15.9 Å². The monoisotopic (exact) mass is 340 g/mol. The third kappa shape index (κ3) is 2.63. The molecular weight excluding hydrogens is 320 g/mol. The number of amides is 1. The second kappa shape index (κ2) is 5.48. The molecule has 1 aromatic heterocycles. The molecule has 2 unspecified atom stereocenters. The summed E-state index contributed by atoms with van der Waals surface area (Å²) < 4.78 is 3.09. The highest BCUT2D eigenvalue weighted by molar-refractivity contribution is 9.10. The van der Waals surface area contributed by atoms with Crippen LogP contribution in [0.5, 0.6) is 0 Å². The molecule has 2 saturated heterocycles. The van der Waals surface area contributed by atoms with Gasteiger partial charge in [-0.25, -0.2) is 0 Å². The van der Waals surface area contributed by atoms with Crippen LogP contribution in [0.4, 0.5) is 0 Å². The van der Waals surface area contributed by atoms with E-state index in [4.69, 9.17) is 0 Å². The molecule has 3 heterocycles. The van der Waals surface area contributed by atoms with E-state index in [0.717, 1.165) is 42.6 Å². The van der Waals surface area contributed by atoms with Crippen molar-refractivity contribution >= 4 is 21.8 Å². The number of rotatable bonds is 2. The highest BCUT2D eigenvalue weighted by atomic mass is 79.9. The summed E-state index contributed by atoms with van der Waals surface area (Å²) in [6, 6.07) is 0.393. The first kappa shape index (κ1) is 14.1. The Balaban J connectivity index is 1.66. The number of fused-ring (bicyclic) bond motifs is 1. The van der Waals surface area contributed by atoms with Gasteiger partial charge in [-0.1, -0.05) is 0 Å². The van der Waals surface area contributed by atoms with Crippen molar-refractivity contribution in [1.82, 2.24) is 20.0 Å². The lowest BCUT2D eigenvalue weighted by atomic mass is 9.85. The first-order valence-electron chi connectivity index (χ1n) is 7.24. The number of carbonyl (C=O) groups excluding carboxylic acids is 1. The van der Waals surface area contributed by atoms with Crippen molar-refractivity contribution in [1.29, 1.82) is 0 Å². The van der Waals surface area contributed by atoms with Gasteiger partial charge in [-0.3, -0.25) is 14.4 Å². The Morgan fingerprint density at radius 1 is 1.45 bits per heavy atom. The number of nitrogens with one attached hydrogen (secondary N) is 1. The molecule has 6 heteroatoms. The molecular formula is C14H21BrN4O. The molecule has 0 spiro atoms. The second-order valence-electron chi connectivity index (χ2n) is 5.97. The third-order valence-electron chi connectivity index (χ3n) is 4.54. The maximum atomic E-state index is 11.4. The minimum absolute atomic E-state index is 0.227. The standard InChI is InChI=1S/C14H21BrN4O/c1-9-14(15)12(18(2)17-9)8-19-6-5-11-10(7-19)3-4-13(20)16-11/h10-11H,3-8H2,1-2H3,(H,16,20). The summed E-state index contributed by atoms with van der Waals surface area (Å²) in [5, 5.41) is 7.59. The lowest BCUT2D eigenvalue weighted by molar-refractivity contribution is -0.125. The van der Waals surface area contributed by atoms with E-state index in [1.54, 1.807) is 0 Å². The van der Waals surface area contributed by atoms with Gasteiger partial charge in [0.05, 0.1) is 15.9 Å². The summed E-state index contributed by atoms with van der Waals surface area (Å²) in [6.07, 6.45) is 2.77. The normalized spacial score (nSPS) is 27.2. The fraction of sp³-hybridized carbons (Fsp3) is 0.714. The maximum Gasteiger partial charge on any atom is 0.220 e. The molecule has 3 rings (SSSR count). The summed E-state index contributed by atoms with van der Waals surface area (Å²) in [7, 11) is 2.00. The lowest BCUT2D eigenvalue weighted by Gasteiger charge is -2.41. The number of hydrogen-bond acceptors (Lipinski definition) is 3. The lowest BCUT2D eigenvalue weighted by Crippen LogP contribution is -2.53. The molecule has 2 aliphatic heterocycles. The van der Waals surface area contributed by atoms with Gasteiger partial charge in [-0.05, 0) is 41.6 Å². The molecule has 0 bridgehead atoms. The van der Waals surface area contributed by atoms with Gasteiger partial charge in [0.25, 0.3) is 0 Å². The van der Waals surface area contributed by atoms with E-state index in [9.17, 15) is 4.79 Å². The summed E-state index contributed by atoms with van der Waals surface area (Å²) in [6.45, 7) is 5.06. The molecule has 1 aromatic rings. The number of piperidine rings is 2. The van der Waals surface area contributed by atoms with E-state index in [0.29, 0.717) is 18.4 Å². The van der Waals surface area contributed by atoms with Gasteiger partial charge in [-0.2, -0.15) is 5.10 Å². The Morgan fingerprint density at radius 3 is 2.95 bits per heavy atom. The average molecular weight is 341 g/mol. The zero-order chi connectivity index (χ0) is 14.3. The van der Waals surface area contributed by atoms with Crippen molar-refractivity contribution in [2.45, 2.75) is 38.8 Å². The molecule has 0 aliphatic carbocycles. The Labute approximate surface area is 127 Å². The van der Waals surface area contributed by atoms with E-state index in [1.165, 1.54) is 5.69 Å². The van der Waals surface area contributed by atoms with E-state index in [-0.39, 0.29) is 5.91 Å². The third-order valence-corrected chi connectivity index (χ3v) is 5.57. The van der Waals surface area contributed by atoms with Crippen LogP contribution in [0.1, 0.15) is 30.7 Å². The van der Waals surface area contributed by atoms with E-state index in [2.05, 4.69) is 31.2 Å². The average Bonchev–Trinajstić information content (AvgIpc) is 2.65. The molecule has 5 nitrogen and oxygen atoms in total. The molecule has 1 N–H and O–H groups in total. The van der Waals surface area contributed by atoms with E-state index < -0.39 is 0 Å². The topological polar surface area (TPSA) is 50.2 Å². The van der Waals surface area contributed by atoms with Crippen LogP contribution < -0.4 is 5.32 Å². The van der Waals surface area contributed by atoms with Gasteiger partial charge in [0.1, 0.15) is 0 Å². The molecule has 0 aromatic carbocycles. The SMILES string of the molecule is Cc1nn(C)c(CN2CCC3NC(=O)CCC3C2)c1Br. The minimum atomic E-state index is 0.227. The van der Waals surface area contributed by atoms with Gasteiger partial charge in [0.2, 0.25) is 5.91 Å². The van der Waals surface area contributed by atoms with Gasteiger partial charge >= 0.3 is 0 Å². The molecule has 20 heavy (non-hydrogen) atoms. The predicted molar refractivity (Wildman–Crippen MR) is 80.2 cm³/mol. The van der Waals surface area contributed by atoms with Crippen molar-refractivity contribution in [3.8, 4) is 0 Å². The van der Waals surface area contributed by atoms with Gasteiger partial charge in [0, 0.05) is 39.1 Å². The fourth-order valence-corrected chi connectivity index (χ4v) is 3.85. The van der Waals surface area contributed by atoms with Crippen LogP contribution in [-0.4, -0.2) is 39.7 Å². The van der Waals surface area contributed by atoms with Gasteiger partial charge in [0.15, 0.2) is 0 Å². The smallest absolute Gasteiger partial charge is 0.220 e. The largest absolute Gasteiger partial charge is 0.353 e. The van der Waals surface area contributed by atoms with Gasteiger partial charge < -0.3 is 5.32 Å². The van der Waals surface area contributed by atoms with Crippen molar-refractivity contribution in [3.63, 3.8) is 0 Å². The van der Waals surface area contributed by atoms with E-state index >= 15 is 0 Å². The summed E-state index contributed by atoms with van der Waals surface area (Å²) >= 11 is 3.64. The molecule has 110 valence electrons. The first-order valence-corrected chi connectivity index (χ1v) is 8.03. The summed E-state index contributed by atoms with van der Waals surface area (Å²) in [5.41, 5.74) is 2.28. The van der Waals surface area contributed by atoms with Crippen LogP contribution in [0.25, 0.3) is 0 Å². The zero-order valence-electron chi connectivity index (χ0n) is 12.0. The van der Waals surface area contributed by atoms with Crippen LogP contribution in [0.3, 0.4) is 0 Å². The second-order valence-corrected chi connectivity index (χ2v) is 6.76. The Bertz CT molecular complexity index is 527.